The Morgan fingerprint density at radius 2 is 0.812 bits per heavy atom. The van der Waals surface area contributed by atoms with E-state index in [2.05, 4.69) is 133 Å². The average Bonchev–Trinajstić information content (AvgIpc) is 3.15. The minimum Gasteiger partial charge on any atom is -0.258 e. The van der Waals surface area contributed by atoms with Crippen LogP contribution in [0.25, 0.3) is 78.3 Å². The van der Waals surface area contributed by atoms with Crippen LogP contribution in [0.3, 0.4) is 0 Å². The molecular formula is C44H32N4. The van der Waals surface area contributed by atoms with Gasteiger partial charge in [-0.2, -0.15) is 0 Å². The minimum atomic E-state index is 0.629. The zero-order valence-corrected chi connectivity index (χ0v) is 26.8. The molecule has 6 aromatic carbocycles. The highest BCUT2D eigenvalue weighted by Crippen LogP contribution is 2.35. The van der Waals surface area contributed by atoms with Crippen molar-refractivity contribution < 1.29 is 0 Å². The smallest absolute Gasteiger partial charge is 0.164 e. The third-order valence-electron chi connectivity index (χ3n) is 8.73. The van der Waals surface area contributed by atoms with Crippen LogP contribution in [0.4, 0.5) is 0 Å². The number of fused-ring (bicyclic) bond motifs is 1. The fourth-order valence-corrected chi connectivity index (χ4v) is 6.23. The summed E-state index contributed by atoms with van der Waals surface area (Å²) in [5, 5.41) is 2.32. The Morgan fingerprint density at radius 3 is 1.48 bits per heavy atom. The maximum Gasteiger partial charge on any atom is 0.164 e. The van der Waals surface area contributed by atoms with Crippen molar-refractivity contribution in [3.8, 4) is 67.5 Å². The van der Waals surface area contributed by atoms with Gasteiger partial charge >= 0.3 is 0 Å². The van der Waals surface area contributed by atoms with Gasteiger partial charge in [-0.3, -0.25) is 4.98 Å². The van der Waals surface area contributed by atoms with E-state index in [1.807, 2.05) is 43.3 Å². The maximum atomic E-state index is 5.12. The Bertz CT molecular complexity index is 2400. The zero-order chi connectivity index (χ0) is 32.5. The van der Waals surface area contributed by atoms with E-state index in [0.717, 1.165) is 66.8 Å². The monoisotopic (exact) mass is 616 g/mol. The molecule has 0 amide bonds. The fourth-order valence-electron chi connectivity index (χ4n) is 6.23. The van der Waals surface area contributed by atoms with E-state index in [1.165, 1.54) is 5.39 Å². The molecule has 2 heterocycles. The van der Waals surface area contributed by atoms with Gasteiger partial charge in [0.05, 0.1) is 0 Å². The van der Waals surface area contributed by atoms with Crippen molar-refractivity contribution in [1.82, 2.24) is 19.9 Å². The highest BCUT2D eigenvalue weighted by Gasteiger charge is 2.15. The quantitative estimate of drug-likeness (QED) is 0.186. The summed E-state index contributed by atoms with van der Waals surface area (Å²) in [6.07, 6.45) is 0. The number of aryl methyl sites for hydroxylation is 2. The van der Waals surface area contributed by atoms with Crippen LogP contribution in [0.2, 0.25) is 0 Å². The second-order valence-electron chi connectivity index (χ2n) is 12.1. The van der Waals surface area contributed by atoms with E-state index in [-0.39, 0.29) is 0 Å². The van der Waals surface area contributed by atoms with Gasteiger partial charge in [0.2, 0.25) is 0 Å². The van der Waals surface area contributed by atoms with Crippen LogP contribution in [0.5, 0.6) is 0 Å². The molecule has 0 aliphatic rings. The van der Waals surface area contributed by atoms with Gasteiger partial charge < -0.3 is 0 Å². The van der Waals surface area contributed by atoms with E-state index in [0.29, 0.717) is 17.5 Å². The van der Waals surface area contributed by atoms with Gasteiger partial charge in [-0.25, -0.2) is 15.0 Å². The van der Waals surface area contributed by atoms with Gasteiger partial charge in [0.1, 0.15) is 0 Å². The third kappa shape index (κ3) is 5.88. The lowest BCUT2D eigenvalue weighted by Gasteiger charge is -2.13. The Balaban J connectivity index is 1.29. The van der Waals surface area contributed by atoms with Crippen LogP contribution in [-0.2, 0) is 0 Å². The highest BCUT2D eigenvalue weighted by atomic mass is 15.0. The normalized spacial score (nSPS) is 11.1. The molecule has 0 bridgehead atoms. The van der Waals surface area contributed by atoms with Crippen LogP contribution in [-0.4, -0.2) is 19.9 Å². The topological polar surface area (TPSA) is 51.6 Å². The van der Waals surface area contributed by atoms with Gasteiger partial charge in [-0.1, -0.05) is 127 Å². The molecule has 0 unspecified atom stereocenters. The number of hydrogen-bond acceptors (Lipinski definition) is 4. The summed E-state index contributed by atoms with van der Waals surface area (Å²) < 4.78 is 0. The Morgan fingerprint density at radius 1 is 0.312 bits per heavy atom. The molecule has 0 radical (unpaired) electrons. The van der Waals surface area contributed by atoms with E-state index >= 15 is 0 Å². The summed E-state index contributed by atoms with van der Waals surface area (Å²) in [6, 6.07) is 54.9. The first-order valence-corrected chi connectivity index (χ1v) is 16.1. The van der Waals surface area contributed by atoms with Crippen molar-refractivity contribution in [2.24, 2.45) is 0 Å². The summed E-state index contributed by atoms with van der Waals surface area (Å²) in [5.74, 6) is 1.91. The molecule has 2 aromatic heterocycles. The molecule has 0 atom stereocenters. The van der Waals surface area contributed by atoms with E-state index < -0.39 is 0 Å². The number of pyridine rings is 1. The predicted molar refractivity (Wildman–Crippen MR) is 197 cm³/mol. The largest absolute Gasteiger partial charge is 0.258 e. The lowest BCUT2D eigenvalue weighted by atomic mass is 9.94. The van der Waals surface area contributed by atoms with Crippen LogP contribution in [0.1, 0.15) is 11.4 Å². The highest BCUT2D eigenvalue weighted by molar-refractivity contribution is 5.87. The molecule has 0 spiro atoms. The lowest BCUT2D eigenvalue weighted by Crippen LogP contribution is -2.00. The summed E-state index contributed by atoms with van der Waals surface area (Å²) in [6.45, 7) is 4.09. The third-order valence-corrected chi connectivity index (χ3v) is 8.73. The average molecular weight is 617 g/mol. The van der Waals surface area contributed by atoms with Gasteiger partial charge in [0, 0.05) is 33.6 Å². The van der Waals surface area contributed by atoms with Crippen molar-refractivity contribution in [2.45, 2.75) is 13.8 Å². The van der Waals surface area contributed by atoms with Crippen molar-refractivity contribution in [3.05, 3.63) is 169 Å². The van der Waals surface area contributed by atoms with Gasteiger partial charge in [0.15, 0.2) is 17.5 Å². The molecule has 0 N–H and O–H groups in total. The molecule has 4 nitrogen and oxygen atoms in total. The van der Waals surface area contributed by atoms with Crippen molar-refractivity contribution in [1.29, 1.82) is 0 Å². The Hall–Kier alpha value is -6.26. The molecule has 0 aliphatic carbocycles. The molecule has 228 valence electrons. The molecule has 0 fully saturated rings. The summed E-state index contributed by atoms with van der Waals surface area (Å²) in [5.41, 5.74) is 11.6. The molecule has 0 aliphatic heterocycles. The molecule has 4 heteroatoms. The van der Waals surface area contributed by atoms with Crippen LogP contribution < -0.4 is 0 Å². The van der Waals surface area contributed by atoms with Crippen LogP contribution in [0.15, 0.2) is 158 Å². The summed E-state index contributed by atoms with van der Waals surface area (Å²) in [7, 11) is 0. The number of nitrogens with zero attached hydrogens (tertiary/aromatic N) is 4. The number of hydrogen-bond donors (Lipinski definition) is 0. The summed E-state index contributed by atoms with van der Waals surface area (Å²) in [4.78, 5) is 19.9. The molecular weight excluding hydrogens is 585 g/mol. The van der Waals surface area contributed by atoms with Gasteiger partial charge in [-0.05, 0) is 82.8 Å². The van der Waals surface area contributed by atoms with E-state index in [9.17, 15) is 0 Å². The first kappa shape index (κ1) is 29.2. The molecule has 0 saturated carbocycles. The van der Waals surface area contributed by atoms with Crippen LogP contribution in [0, 0.1) is 13.8 Å². The van der Waals surface area contributed by atoms with Gasteiger partial charge in [0.25, 0.3) is 0 Å². The number of benzene rings is 6. The SMILES string of the molecule is Cc1ccc(-c2ccc(-c3cc(-c4ccccc4)cc(-c4nc(-c5ccccc5)nc(-c5ccc6ccccc6c5)n4)c3)cc2)c(C)n1. The number of rotatable bonds is 6. The molecule has 8 aromatic rings. The Kier molecular flexibility index (Phi) is 7.60. The predicted octanol–water partition coefficient (Wildman–Crippen LogP) is 11.0. The van der Waals surface area contributed by atoms with Crippen molar-refractivity contribution in [3.63, 3.8) is 0 Å². The molecule has 0 saturated heterocycles. The standard InChI is InChI=1S/C44H32N4/c1-29-17-24-41(30(2)45-29)34-21-18-33(19-22-34)39-26-38(31-11-5-3-6-12-31)27-40(28-39)44-47-42(35-14-7-4-8-15-35)46-43(48-44)37-23-20-32-13-9-10-16-36(32)25-37/h3-28H,1-2H3. The van der Waals surface area contributed by atoms with Crippen molar-refractivity contribution >= 4 is 10.8 Å². The second-order valence-corrected chi connectivity index (χ2v) is 12.1. The lowest BCUT2D eigenvalue weighted by molar-refractivity contribution is 1.07. The zero-order valence-electron chi connectivity index (χ0n) is 26.8. The summed E-state index contributed by atoms with van der Waals surface area (Å²) >= 11 is 0. The van der Waals surface area contributed by atoms with Crippen molar-refractivity contribution in [2.75, 3.05) is 0 Å². The molecule has 48 heavy (non-hydrogen) atoms. The Labute approximate surface area is 280 Å². The minimum absolute atomic E-state index is 0.629. The van der Waals surface area contributed by atoms with Crippen LogP contribution >= 0.6 is 0 Å². The second kappa shape index (κ2) is 12.5. The van der Waals surface area contributed by atoms with E-state index in [4.69, 9.17) is 15.0 Å². The maximum absolute atomic E-state index is 5.12. The van der Waals surface area contributed by atoms with Gasteiger partial charge in [-0.15, -0.1) is 0 Å². The molecule has 8 rings (SSSR count). The fraction of sp³-hybridized carbons (Fsp3) is 0.0455. The first-order valence-electron chi connectivity index (χ1n) is 16.1. The first-order chi connectivity index (χ1) is 23.6. The number of aromatic nitrogens is 4. The van der Waals surface area contributed by atoms with E-state index in [1.54, 1.807) is 0 Å².